The van der Waals surface area contributed by atoms with Gasteiger partial charge in [0.1, 0.15) is 0 Å². The molecule has 0 unspecified atom stereocenters. The number of rotatable bonds is 8. The van der Waals surface area contributed by atoms with Crippen molar-refractivity contribution in [1.29, 1.82) is 0 Å². The van der Waals surface area contributed by atoms with Crippen LogP contribution in [-0.2, 0) is 23.1 Å². The first-order valence-corrected chi connectivity index (χ1v) is 8.61. The molecule has 0 heterocycles. The van der Waals surface area contributed by atoms with Gasteiger partial charge < -0.3 is 5.11 Å². The summed E-state index contributed by atoms with van der Waals surface area (Å²) in [6, 6.07) is 4.93. The van der Waals surface area contributed by atoms with Crippen molar-refractivity contribution in [3.05, 3.63) is 29.3 Å². The van der Waals surface area contributed by atoms with E-state index < -0.39 is 10.0 Å². The van der Waals surface area contributed by atoms with Crippen LogP contribution in [0.5, 0.6) is 0 Å². The van der Waals surface area contributed by atoms with Gasteiger partial charge >= 0.3 is 0 Å². The fraction of sp³-hybridized carbons (Fsp3) is 0.600. The number of aliphatic hydroxyl groups is 1. The number of nitrogens with one attached hydrogen (secondary N) is 1. The summed E-state index contributed by atoms with van der Waals surface area (Å²) in [7, 11) is -3.48. The van der Waals surface area contributed by atoms with E-state index in [1.54, 1.807) is 18.2 Å². The first kappa shape index (κ1) is 17.1. The fourth-order valence-electron chi connectivity index (χ4n) is 2.06. The second-order valence-corrected chi connectivity index (χ2v) is 7.14. The van der Waals surface area contributed by atoms with Crippen LogP contribution in [0.1, 0.15) is 44.7 Å². The zero-order valence-electron chi connectivity index (χ0n) is 12.5. The number of benzene rings is 1. The number of hydrogen-bond acceptors (Lipinski definition) is 3. The van der Waals surface area contributed by atoms with Crippen LogP contribution < -0.4 is 4.72 Å². The van der Waals surface area contributed by atoms with Crippen molar-refractivity contribution in [2.24, 2.45) is 5.92 Å². The lowest BCUT2D eigenvalue weighted by Gasteiger charge is -2.11. The first-order valence-electron chi connectivity index (χ1n) is 7.13. The van der Waals surface area contributed by atoms with Crippen LogP contribution in [-0.4, -0.2) is 20.1 Å². The van der Waals surface area contributed by atoms with Crippen molar-refractivity contribution in [1.82, 2.24) is 4.72 Å². The minimum absolute atomic E-state index is 0.139. The molecule has 0 bridgehead atoms. The van der Waals surface area contributed by atoms with Gasteiger partial charge in [0.15, 0.2) is 0 Å². The van der Waals surface area contributed by atoms with E-state index in [9.17, 15) is 13.5 Å². The van der Waals surface area contributed by atoms with E-state index in [0.717, 1.165) is 24.8 Å². The van der Waals surface area contributed by atoms with Gasteiger partial charge in [0.2, 0.25) is 10.0 Å². The Kier molecular flexibility index (Phi) is 6.65. The molecule has 0 amide bonds. The Labute approximate surface area is 122 Å². The minimum Gasteiger partial charge on any atom is -0.392 e. The molecule has 0 fully saturated rings. The summed E-state index contributed by atoms with van der Waals surface area (Å²) in [6.07, 6.45) is 2.61. The van der Waals surface area contributed by atoms with Crippen molar-refractivity contribution in [2.75, 3.05) is 6.54 Å². The normalized spacial score (nSPS) is 12.1. The average Bonchev–Trinajstić information content (AvgIpc) is 2.42. The van der Waals surface area contributed by atoms with Crippen molar-refractivity contribution in [2.45, 2.75) is 51.5 Å². The maximum absolute atomic E-state index is 12.2. The van der Waals surface area contributed by atoms with Crippen molar-refractivity contribution in [3.63, 3.8) is 0 Å². The Balaban J connectivity index is 2.77. The van der Waals surface area contributed by atoms with Gasteiger partial charge in [0.05, 0.1) is 11.5 Å². The molecule has 2 N–H and O–H groups in total. The predicted octanol–water partition coefficient (Wildman–Crippen LogP) is 2.46. The Hall–Kier alpha value is -0.910. The van der Waals surface area contributed by atoms with E-state index in [-0.39, 0.29) is 11.5 Å². The van der Waals surface area contributed by atoms with Crippen LogP contribution in [0.3, 0.4) is 0 Å². The highest BCUT2D eigenvalue weighted by molar-refractivity contribution is 7.89. The molecule has 20 heavy (non-hydrogen) atoms. The predicted molar refractivity (Wildman–Crippen MR) is 81.0 cm³/mol. The molecule has 1 aromatic carbocycles. The summed E-state index contributed by atoms with van der Waals surface area (Å²) in [5.41, 5.74) is 1.66. The van der Waals surface area contributed by atoms with E-state index in [1.807, 2.05) is 6.92 Å². The van der Waals surface area contributed by atoms with Gasteiger partial charge in [-0.2, -0.15) is 0 Å². The third-order valence-electron chi connectivity index (χ3n) is 3.29. The molecular weight excluding hydrogens is 274 g/mol. The summed E-state index contributed by atoms with van der Waals surface area (Å²) >= 11 is 0. The molecule has 0 atom stereocenters. The van der Waals surface area contributed by atoms with Gasteiger partial charge in [-0.25, -0.2) is 13.1 Å². The average molecular weight is 299 g/mol. The maximum Gasteiger partial charge on any atom is 0.240 e. The van der Waals surface area contributed by atoms with Gasteiger partial charge in [-0.1, -0.05) is 26.8 Å². The lowest BCUT2D eigenvalue weighted by molar-refractivity contribution is 0.280. The highest BCUT2D eigenvalue weighted by Crippen LogP contribution is 2.17. The zero-order chi connectivity index (χ0) is 15.2. The monoisotopic (exact) mass is 299 g/mol. The van der Waals surface area contributed by atoms with Crippen LogP contribution in [0.15, 0.2) is 23.1 Å². The van der Waals surface area contributed by atoms with Gasteiger partial charge in [-0.05, 0) is 48.4 Å². The Bertz CT molecular complexity index is 524. The number of sulfonamides is 1. The summed E-state index contributed by atoms with van der Waals surface area (Å²) < 4.78 is 26.9. The molecule has 0 aliphatic heterocycles. The van der Waals surface area contributed by atoms with E-state index in [2.05, 4.69) is 18.6 Å². The molecule has 1 rings (SSSR count). The van der Waals surface area contributed by atoms with Crippen molar-refractivity contribution < 1.29 is 13.5 Å². The molecule has 0 saturated heterocycles. The lowest BCUT2D eigenvalue weighted by Crippen LogP contribution is -2.25. The molecule has 0 spiro atoms. The molecule has 5 heteroatoms. The molecule has 0 aromatic heterocycles. The molecule has 0 aliphatic carbocycles. The summed E-state index contributed by atoms with van der Waals surface area (Å²) in [5, 5.41) is 9.30. The quantitative estimate of drug-likeness (QED) is 0.725. The fourth-order valence-corrected chi connectivity index (χ4v) is 3.19. The van der Waals surface area contributed by atoms with E-state index in [1.165, 1.54) is 0 Å². The molecule has 4 nitrogen and oxygen atoms in total. The van der Waals surface area contributed by atoms with E-state index in [4.69, 9.17) is 0 Å². The molecule has 0 aliphatic rings. The van der Waals surface area contributed by atoms with Crippen LogP contribution in [0.2, 0.25) is 0 Å². The van der Waals surface area contributed by atoms with Gasteiger partial charge in [0.25, 0.3) is 0 Å². The van der Waals surface area contributed by atoms with Crippen LogP contribution in [0.25, 0.3) is 0 Å². The van der Waals surface area contributed by atoms with Crippen LogP contribution in [0.4, 0.5) is 0 Å². The van der Waals surface area contributed by atoms with Crippen LogP contribution >= 0.6 is 0 Å². The van der Waals surface area contributed by atoms with Gasteiger partial charge in [-0.15, -0.1) is 0 Å². The third kappa shape index (κ3) is 4.89. The smallest absolute Gasteiger partial charge is 0.240 e. The minimum atomic E-state index is -3.48. The SMILES string of the molecule is CCc1ccc(S(=O)(=O)NCCCC(C)C)cc1CO. The summed E-state index contributed by atoms with van der Waals surface area (Å²) in [6.45, 7) is 6.52. The highest BCUT2D eigenvalue weighted by atomic mass is 32.2. The molecular formula is C15H25NO3S. The van der Waals surface area contributed by atoms with Gasteiger partial charge in [0, 0.05) is 6.54 Å². The standard InChI is InChI=1S/C15H25NO3S/c1-4-13-7-8-15(10-14(13)11-17)20(18,19)16-9-5-6-12(2)3/h7-8,10,12,16-17H,4-6,9,11H2,1-3H3. The number of hydrogen-bond donors (Lipinski definition) is 2. The highest BCUT2D eigenvalue weighted by Gasteiger charge is 2.15. The molecule has 1 aromatic rings. The maximum atomic E-state index is 12.2. The zero-order valence-corrected chi connectivity index (χ0v) is 13.3. The second kappa shape index (κ2) is 7.76. The molecule has 0 saturated carbocycles. The number of aryl methyl sites for hydroxylation is 1. The third-order valence-corrected chi connectivity index (χ3v) is 4.75. The molecule has 0 radical (unpaired) electrons. The summed E-state index contributed by atoms with van der Waals surface area (Å²) in [4.78, 5) is 0.225. The number of aliphatic hydroxyl groups excluding tert-OH is 1. The summed E-state index contributed by atoms with van der Waals surface area (Å²) in [5.74, 6) is 0.573. The first-order chi connectivity index (χ1) is 9.40. The molecule has 114 valence electrons. The van der Waals surface area contributed by atoms with E-state index in [0.29, 0.717) is 18.0 Å². The van der Waals surface area contributed by atoms with Crippen molar-refractivity contribution >= 4 is 10.0 Å². The Morgan fingerprint density at radius 3 is 2.50 bits per heavy atom. The largest absolute Gasteiger partial charge is 0.392 e. The lowest BCUT2D eigenvalue weighted by atomic mass is 10.1. The van der Waals surface area contributed by atoms with Gasteiger partial charge in [-0.3, -0.25) is 0 Å². The Morgan fingerprint density at radius 2 is 1.95 bits per heavy atom. The van der Waals surface area contributed by atoms with Crippen molar-refractivity contribution in [3.8, 4) is 0 Å². The van der Waals surface area contributed by atoms with E-state index >= 15 is 0 Å². The second-order valence-electron chi connectivity index (χ2n) is 5.38. The van der Waals surface area contributed by atoms with Crippen LogP contribution in [0, 0.1) is 5.92 Å². The Morgan fingerprint density at radius 1 is 1.25 bits per heavy atom. The topological polar surface area (TPSA) is 66.4 Å².